The lowest BCUT2D eigenvalue weighted by Gasteiger charge is -2.53. The van der Waals surface area contributed by atoms with Crippen LogP contribution in [0.1, 0.15) is 32.8 Å². The number of carbonyl (C=O) groups is 1. The van der Waals surface area contributed by atoms with Crippen molar-refractivity contribution in [3.05, 3.63) is 34.9 Å². The molecule has 1 saturated carbocycles. The van der Waals surface area contributed by atoms with Gasteiger partial charge >= 0.3 is 0 Å². The Kier molecular flexibility index (Phi) is 2.20. The third-order valence-electron chi connectivity index (χ3n) is 4.06. The average Bonchev–Trinajstić information content (AvgIpc) is 2.18. The molecule has 2 heteroatoms. The van der Waals surface area contributed by atoms with Crippen molar-refractivity contribution >= 4 is 17.4 Å². The van der Waals surface area contributed by atoms with Gasteiger partial charge < -0.3 is 0 Å². The van der Waals surface area contributed by atoms with E-state index in [0.29, 0.717) is 12.2 Å². The molecule has 80 valence electrons. The first-order valence-corrected chi connectivity index (χ1v) is 5.56. The summed E-state index contributed by atoms with van der Waals surface area (Å²) in [6.07, 6.45) is 0.601. The van der Waals surface area contributed by atoms with Crippen LogP contribution in [-0.4, -0.2) is 5.78 Å². The summed E-state index contributed by atoms with van der Waals surface area (Å²) in [6, 6.07) is 7.81. The van der Waals surface area contributed by atoms with E-state index < -0.39 is 0 Å². The maximum absolute atomic E-state index is 11.6. The van der Waals surface area contributed by atoms with Crippen LogP contribution < -0.4 is 0 Å². The van der Waals surface area contributed by atoms with Gasteiger partial charge in [-0.25, -0.2) is 0 Å². The first kappa shape index (κ1) is 10.7. The highest BCUT2D eigenvalue weighted by atomic mass is 35.5. The van der Waals surface area contributed by atoms with Gasteiger partial charge in [-0.2, -0.15) is 0 Å². The molecule has 0 amide bonds. The lowest BCUT2D eigenvalue weighted by molar-refractivity contribution is -0.144. The molecule has 1 nitrogen and oxygen atoms in total. The minimum atomic E-state index is -0.294. The van der Waals surface area contributed by atoms with Crippen LogP contribution in [0.4, 0.5) is 0 Å². The van der Waals surface area contributed by atoms with Gasteiger partial charge in [-0.1, -0.05) is 50.6 Å². The van der Waals surface area contributed by atoms with Crippen molar-refractivity contribution in [2.24, 2.45) is 5.41 Å². The number of hydrogen-bond acceptors (Lipinski definition) is 1. The molecule has 15 heavy (non-hydrogen) atoms. The Bertz CT molecular complexity index is 422. The molecular formula is C13H15ClO. The third-order valence-corrected chi connectivity index (χ3v) is 4.39. The Morgan fingerprint density at radius 3 is 2.27 bits per heavy atom. The lowest BCUT2D eigenvalue weighted by atomic mass is 9.48. The van der Waals surface area contributed by atoms with Crippen molar-refractivity contribution in [1.82, 2.24) is 0 Å². The fraction of sp³-hybridized carbons (Fsp3) is 0.462. The number of halogens is 1. The Hall–Kier alpha value is -0.820. The molecule has 1 fully saturated rings. The molecule has 1 aromatic carbocycles. The van der Waals surface area contributed by atoms with Gasteiger partial charge in [0.05, 0.1) is 0 Å². The molecule has 0 N–H and O–H groups in total. The molecule has 0 radical (unpaired) electrons. The van der Waals surface area contributed by atoms with Crippen molar-refractivity contribution in [3.63, 3.8) is 0 Å². The lowest BCUT2D eigenvalue weighted by Crippen LogP contribution is -2.57. The first-order valence-electron chi connectivity index (χ1n) is 5.18. The Morgan fingerprint density at radius 2 is 1.80 bits per heavy atom. The first-order chi connectivity index (χ1) is 6.89. The summed E-state index contributed by atoms with van der Waals surface area (Å²) in [5.41, 5.74) is 0.691. The topological polar surface area (TPSA) is 17.1 Å². The second kappa shape index (κ2) is 3.08. The van der Waals surface area contributed by atoms with Gasteiger partial charge in [0.15, 0.2) is 0 Å². The van der Waals surface area contributed by atoms with Crippen molar-refractivity contribution in [1.29, 1.82) is 0 Å². The smallest absolute Gasteiger partial charge is 0.140 e. The van der Waals surface area contributed by atoms with Gasteiger partial charge in [-0.15, -0.1) is 0 Å². The number of benzene rings is 1. The van der Waals surface area contributed by atoms with E-state index in [1.165, 1.54) is 0 Å². The SMILES string of the molecule is CC1(C)C(=O)CC1(C)c1ccccc1Cl. The van der Waals surface area contributed by atoms with Crippen molar-refractivity contribution in [2.45, 2.75) is 32.6 Å². The van der Waals surface area contributed by atoms with Crippen molar-refractivity contribution in [3.8, 4) is 0 Å². The van der Waals surface area contributed by atoms with Crippen LogP contribution in [0.25, 0.3) is 0 Å². The normalized spacial score (nSPS) is 28.7. The number of Topliss-reactive ketones (excluding diaryl/α,β-unsaturated/α-hetero) is 1. The summed E-state index contributed by atoms with van der Waals surface area (Å²) < 4.78 is 0. The number of rotatable bonds is 1. The Morgan fingerprint density at radius 1 is 1.20 bits per heavy atom. The molecule has 0 aromatic heterocycles. The summed E-state index contributed by atoms with van der Waals surface area (Å²) in [6.45, 7) is 6.12. The van der Waals surface area contributed by atoms with E-state index in [4.69, 9.17) is 11.6 Å². The fourth-order valence-electron chi connectivity index (χ4n) is 2.30. The molecule has 0 saturated heterocycles. The fourth-order valence-corrected chi connectivity index (χ4v) is 2.65. The molecular weight excluding hydrogens is 208 g/mol. The van der Waals surface area contributed by atoms with Gasteiger partial charge in [-0.3, -0.25) is 4.79 Å². The zero-order valence-electron chi connectivity index (χ0n) is 9.30. The molecule has 0 bridgehead atoms. The molecule has 0 spiro atoms. The van der Waals surface area contributed by atoms with Crippen molar-refractivity contribution < 1.29 is 4.79 Å². The van der Waals surface area contributed by atoms with Crippen molar-refractivity contribution in [2.75, 3.05) is 0 Å². The molecule has 0 heterocycles. The Labute approximate surface area is 95.4 Å². The van der Waals surface area contributed by atoms with Crippen LogP contribution in [0.15, 0.2) is 24.3 Å². The summed E-state index contributed by atoms with van der Waals surface area (Å²) in [7, 11) is 0. The van der Waals surface area contributed by atoms with E-state index in [1.807, 2.05) is 38.1 Å². The highest BCUT2D eigenvalue weighted by Crippen LogP contribution is 2.55. The summed E-state index contributed by atoms with van der Waals surface area (Å²) in [5, 5.41) is 0.764. The minimum absolute atomic E-state index is 0.109. The molecule has 1 aromatic rings. The van der Waals surface area contributed by atoms with E-state index in [9.17, 15) is 4.79 Å². The van der Waals surface area contributed by atoms with Crippen LogP contribution >= 0.6 is 11.6 Å². The van der Waals surface area contributed by atoms with Crippen LogP contribution in [0.3, 0.4) is 0 Å². The molecule has 1 unspecified atom stereocenters. The largest absolute Gasteiger partial charge is 0.299 e. The van der Waals surface area contributed by atoms with Gasteiger partial charge in [0.2, 0.25) is 0 Å². The highest BCUT2D eigenvalue weighted by molar-refractivity contribution is 6.31. The molecule has 0 aliphatic heterocycles. The predicted octanol–water partition coefficient (Wildman–Crippen LogP) is 3.60. The van der Waals surface area contributed by atoms with E-state index in [-0.39, 0.29) is 10.8 Å². The molecule has 1 atom stereocenters. The van der Waals surface area contributed by atoms with E-state index >= 15 is 0 Å². The number of ketones is 1. The summed E-state index contributed by atoms with van der Waals surface area (Å²) in [4.78, 5) is 11.6. The zero-order chi connectivity index (χ0) is 11.3. The summed E-state index contributed by atoms with van der Waals surface area (Å²) >= 11 is 6.19. The molecule has 1 aliphatic rings. The van der Waals surface area contributed by atoms with Gasteiger partial charge in [0, 0.05) is 22.3 Å². The predicted molar refractivity (Wildman–Crippen MR) is 62.2 cm³/mol. The Balaban J connectivity index is 2.49. The van der Waals surface area contributed by atoms with Crippen LogP contribution in [0.5, 0.6) is 0 Å². The number of carbonyl (C=O) groups excluding carboxylic acids is 1. The molecule has 2 rings (SSSR count). The van der Waals surface area contributed by atoms with E-state index in [0.717, 1.165) is 10.6 Å². The van der Waals surface area contributed by atoms with E-state index in [1.54, 1.807) is 0 Å². The van der Waals surface area contributed by atoms with Gasteiger partial charge in [0.25, 0.3) is 0 Å². The second-order valence-corrected chi connectivity index (χ2v) is 5.44. The maximum atomic E-state index is 11.6. The number of hydrogen-bond donors (Lipinski definition) is 0. The van der Waals surface area contributed by atoms with Gasteiger partial charge in [0.1, 0.15) is 5.78 Å². The van der Waals surface area contributed by atoms with E-state index in [2.05, 4.69) is 6.92 Å². The summed E-state index contributed by atoms with van der Waals surface area (Å²) in [5.74, 6) is 0.324. The quantitative estimate of drug-likeness (QED) is 0.710. The zero-order valence-corrected chi connectivity index (χ0v) is 10.1. The highest BCUT2D eigenvalue weighted by Gasteiger charge is 2.57. The maximum Gasteiger partial charge on any atom is 0.140 e. The van der Waals surface area contributed by atoms with Crippen LogP contribution in [-0.2, 0) is 10.2 Å². The van der Waals surface area contributed by atoms with Crippen LogP contribution in [0.2, 0.25) is 5.02 Å². The standard InChI is InChI=1S/C13H15ClO/c1-12(2)11(15)8-13(12,3)9-6-4-5-7-10(9)14/h4-7H,8H2,1-3H3. The minimum Gasteiger partial charge on any atom is -0.299 e. The van der Waals surface area contributed by atoms with Gasteiger partial charge in [-0.05, 0) is 11.6 Å². The monoisotopic (exact) mass is 222 g/mol. The third kappa shape index (κ3) is 1.26. The van der Waals surface area contributed by atoms with Crippen LogP contribution in [0, 0.1) is 5.41 Å². The average molecular weight is 223 g/mol. The second-order valence-electron chi connectivity index (χ2n) is 5.04. The molecule has 1 aliphatic carbocycles.